The van der Waals surface area contributed by atoms with E-state index in [0.29, 0.717) is 0 Å². The Morgan fingerprint density at radius 1 is 1.70 bits per heavy atom. The highest BCUT2D eigenvalue weighted by Crippen LogP contribution is 2.01. The zero-order valence-corrected chi connectivity index (χ0v) is 5.99. The molecule has 2 heteroatoms. The highest BCUT2D eigenvalue weighted by Gasteiger charge is 1.87. The SMILES string of the molecule is C=N/C=C\c1cccn1C. The minimum Gasteiger partial charge on any atom is -0.351 e. The van der Waals surface area contributed by atoms with Gasteiger partial charge < -0.3 is 4.57 Å². The lowest BCUT2D eigenvalue weighted by atomic mass is 10.4. The van der Waals surface area contributed by atoms with Gasteiger partial charge in [0.1, 0.15) is 0 Å². The fourth-order valence-corrected chi connectivity index (χ4v) is 0.777. The Morgan fingerprint density at radius 3 is 3.00 bits per heavy atom. The van der Waals surface area contributed by atoms with Crippen LogP contribution in [0.5, 0.6) is 0 Å². The van der Waals surface area contributed by atoms with Crippen molar-refractivity contribution in [1.82, 2.24) is 4.57 Å². The van der Waals surface area contributed by atoms with Crippen LogP contribution in [0.3, 0.4) is 0 Å². The molecule has 0 saturated heterocycles. The van der Waals surface area contributed by atoms with E-state index < -0.39 is 0 Å². The summed E-state index contributed by atoms with van der Waals surface area (Å²) < 4.78 is 2.02. The zero-order chi connectivity index (χ0) is 7.40. The molecule has 0 aromatic carbocycles. The molecule has 0 N–H and O–H groups in total. The molecule has 1 heterocycles. The third-order valence-electron chi connectivity index (χ3n) is 1.33. The van der Waals surface area contributed by atoms with Crippen LogP contribution >= 0.6 is 0 Å². The second-order valence-electron chi connectivity index (χ2n) is 2.04. The topological polar surface area (TPSA) is 17.3 Å². The number of aryl methyl sites for hydroxylation is 1. The van der Waals surface area contributed by atoms with Crippen molar-refractivity contribution in [3.63, 3.8) is 0 Å². The van der Waals surface area contributed by atoms with Gasteiger partial charge in [-0.1, -0.05) is 0 Å². The van der Waals surface area contributed by atoms with Crippen molar-refractivity contribution in [3.05, 3.63) is 30.2 Å². The predicted octanol–water partition coefficient (Wildman–Crippen LogP) is 1.70. The summed E-state index contributed by atoms with van der Waals surface area (Å²) in [5.41, 5.74) is 1.13. The Kier molecular flexibility index (Phi) is 2.05. The molecule has 0 aliphatic rings. The smallest absolute Gasteiger partial charge is 0.0419 e. The van der Waals surface area contributed by atoms with Crippen molar-refractivity contribution < 1.29 is 0 Å². The molecule has 1 aromatic heterocycles. The lowest BCUT2D eigenvalue weighted by molar-refractivity contribution is 0.914. The van der Waals surface area contributed by atoms with Crippen LogP contribution in [-0.4, -0.2) is 11.3 Å². The quantitative estimate of drug-likeness (QED) is 0.548. The maximum atomic E-state index is 3.61. The number of aliphatic imine (C=N–C) groups is 1. The van der Waals surface area contributed by atoms with Gasteiger partial charge in [0.25, 0.3) is 0 Å². The molecule has 0 atom stereocenters. The van der Waals surface area contributed by atoms with Gasteiger partial charge in [-0.05, 0) is 24.9 Å². The summed E-state index contributed by atoms with van der Waals surface area (Å²) in [6, 6.07) is 4.00. The van der Waals surface area contributed by atoms with E-state index in [1.165, 1.54) is 0 Å². The van der Waals surface area contributed by atoms with Crippen LogP contribution in [0.4, 0.5) is 0 Å². The Labute approximate surface area is 60.5 Å². The van der Waals surface area contributed by atoms with Gasteiger partial charge in [-0.2, -0.15) is 0 Å². The Hall–Kier alpha value is -1.31. The molecular weight excluding hydrogens is 124 g/mol. The van der Waals surface area contributed by atoms with Crippen molar-refractivity contribution in [1.29, 1.82) is 0 Å². The summed E-state index contributed by atoms with van der Waals surface area (Å²) in [6.07, 6.45) is 5.57. The molecule has 0 unspecified atom stereocenters. The third-order valence-corrected chi connectivity index (χ3v) is 1.33. The van der Waals surface area contributed by atoms with E-state index in [1.807, 2.05) is 36.0 Å². The van der Waals surface area contributed by atoms with Crippen molar-refractivity contribution in [3.8, 4) is 0 Å². The molecule has 0 aliphatic heterocycles. The molecule has 0 amide bonds. The molecule has 0 fully saturated rings. The van der Waals surface area contributed by atoms with Crippen molar-refractivity contribution >= 4 is 12.8 Å². The summed E-state index contributed by atoms with van der Waals surface area (Å²) in [5.74, 6) is 0. The first-order valence-corrected chi connectivity index (χ1v) is 3.08. The molecule has 0 radical (unpaired) electrons. The maximum Gasteiger partial charge on any atom is 0.0419 e. The van der Waals surface area contributed by atoms with Gasteiger partial charge in [-0.15, -0.1) is 0 Å². The van der Waals surface area contributed by atoms with Crippen LogP contribution in [0, 0.1) is 0 Å². The fourth-order valence-electron chi connectivity index (χ4n) is 0.777. The highest BCUT2D eigenvalue weighted by atomic mass is 14.9. The average Bonchev–Trinajstić information content (AvgIpc) is 2.31. The first-order valence-electron chi connectivity index (χ1n) is 3.08. The summed E-state index contributed by atoms with van der Waals surface area (Å²) in [7, 11) is 1.99. The number of nitrogens with zero attached hydrogens (tertiary/aromatic N) is 2. The van der Waals surface area contributed by atoms with Gasteiger partial charge in [0.2, 0.25) is 0 Å². The van der Waals surface area contributed by atoms with Crippen LogP contribution in [-0.2, 0) is 7.05 Å². The second-order valence-corrected chi connectivity index (χ2v) is 2.04. The van der Waals surface area contributed by atoms with Crippen molar-refractivity contribution in [2.24, 2.45) is 12.0 Å². The predicted molar refractivity (Wildman–Crippen MR) is 44.0 cm³/mol. The Balaban J connectivity index is 2.83. The molecule has 2 nitrogen and oxygen atoms in total. The molecule has 0 bridgehead atoms. The van der Waals surface area contributed by atoms with E-state index in [2.05, 4.69) is 11.7 Å². The Bertz CT molecular complexity index is 246. The van der Waals surface area contributed by atoms with E-state index in [1.54, 1.807) is 6.20 Å². The number of hydrogen-bond donors (Lipinski definition) is 0. The van der Waals surface area contributed by atoms with Gasteiger partial charge in [0.05, 0.1) is 0 Å². The second kappa shape index (κ2) is 3.01. The fraction of sp³-hybridized carbons (Fsp3) is 0.125. The maximum absolute atomic E-state index is 3.61. The van der Waals surface area contributed by atoms with Crippen LogP contribution in [0.1, 0.15) is 5.69 Å². The molecule has 0 aliphatic carbocycles. The molecule has 1 aromatic rings. The van der Waals surface area contributed by atoms with Crippen LogP contribution in [0.2, 0.25) is 0 Å². The highest BCUT2D eigenvalue weighted by molar-refractivity contribution is 5.46. The van der Waals surface area contributed by atoms with E-state index in [4.69, 9.17) is 0 Å². The Morgan fingerprint density at radius 2 is 2.50 bits per heavy atom. The van der Waals surface area contributed by atoms with Crippen LogP contribution in [0.15, 0.2) is 29.5 Å². The van der Waals surface area contributed by atoms with Crippen molar-refractivity contribution in [2.45, 2.75) is 0 Å². The summed E-state index contributed by atoms with van der Waals surface area (Å²) in [6.45, 7) is 3.34. The lowest BCUT2D eigenvalue weighted by Crippen LogP contribution is -1.85. The lowest BCUT2D eigenvalue weighted by Gasteiger charge is -1.92. The van der Waals surface area contributed by atoms with Crippen LogP contribution in [0.25, 0.3) is 6.08 Å². The average molecular weight is 134 g/mol. The summed E-state index contributed by atoms with van der Waals surface area (Å²) in [5, 5.41) is 0. The summed E-state index contributed by atoms with van der Waals surface area (Å²) >= 11 is 0. The number of rotatable bonds is 2. The van der Waals surface area contributed by atoms with Crippen molar-refractivity contribution in [2.75, 3.05) is 0 Å². The van der Waals surface area contributed by atoms with E-state index in [0.717, 1.165) is 5.69 Å². The van der Waals surface area contributed by atoms with Gasteiger partial charge in [-0.3, -0.25) is 4.99 Å². The largest absolute Gasteiger partial charge is 0.351 e. The number of aromatic nitrogens is 1. The normalized spacial score (nSPS) is 10.5. The standard InChI is InChI=1S/C8H10N2/c1-9-6-5-8-4-3-7-10(8)2/h3-7H,1H2,2H3/b6-5-. The zero-order valence-electron chi connectivity index (χ0n) is 5.99. The molecule has 1 rings (SSSR count). The first kappa shape index (κ1) is 6.81. The van der Waals surface area contributed by atoms with E-state index >= 15 is 0 Å². The van der Waals surface area contributed by atoms with Gasteiger partial charge in [0.15, 0.2) is 0 Å². The number of hydrogen-bond acceptors (Lipinski definition) is 1. The first-order chi connectivity index (χ1) is 4.84. The third kappa shape index (κ3) is 1.35. The van der Waals surface area contributed by atoms with E-state index in [-0.39, 0.29) is 0 Å². The molecule has 10 heavy (non-hydrogen) atoms. The van der Waals surface area contributed by atoms with Gasteiger partial charge in [0, 0.05) is 25.1 Å². The molecule has 0 saturated carbocycles. The molecule has 0 spiro atoms. The molecule has 52 valence electrons. The minimum atomic E-state index is 1.13. The van der Waals surface area contributed by atoms with E-state index in [9.17, 15) is 0 Å². The summed E-state index contributed by atoms with van der Waals surface area (Å²) in [4.78, 5) is 3.61. The van der Waals surface area contributed by atoms with Crippen LogP contribution < -0.4 is 0 Å². The monoisotopic (exact) mass is 134 g/mol. The van der Waals surface area contributed by atoms with Gasteiger partial charge >= 0.3 is 0 Å². The minimum absolute atomic E-state index is 1.13. The molecular formula is C8H10N2. The van der Waals surface area contributed by atoms with Gasteiger partial charge in [-0.25, -0.2) is 0 Å².